The van der Waals surface area contributed by atoms with Crippen molar-refractivity contribution in [1.82, 2.24) is 4.90 Å². The Morgan fingerprint density at radius 1 is 1.30 bits per heavy atom. The molecule has 4 nitrogen and oxygen atoms in total. The number of rotatable bonds is 0. The minimum atomic E-state index is -4.67. The van der Waals surface area contributed by atoms with Gasteiger partial charge in [0.1, 0.15) is 12.0 Å². The van der Waals surface area contributed by atoms with E-state index in [9.17, 15) is 23.4 Å². The third-order valence-corrected chi connectivity index (χ3v) is 3.77. The average Bonchev–Trinajstić information content (AvgIpc) is 2.78. The predicted octanol–water partition coefficient (Wildman–Crippen LogP) is 2.58. The minimum Gasteiger partial charge on any atom is -0.507 e. The second-order valence-corrected chi connectivity index (χ2v) is 5.03. The summed E-state index contributed by atoms with van der Waals surface area (Å²) in [6.07, 6.45) is -2.50. The predicted molar refractivity (Wildman–Crippen MR) is 65.9 cm³/mol. The van der Waals surface area contributed by atoms with Gasteiger partial charge in [-0.3, -0.25) is 9.89 Å². The van der Waals surface area contributed by atoms with E-state index >= 15 is 0 Å². The van der Waals surface area contributed by atoms with Crippen molar-refractivity contribution in [3.8, 4) is 5.75 Å². The summed E-state index contributed by atoms with van der Waals surface area (Å²) in [5.74, 6) is -0.873. The van der Waals surface area contributed by atoms with Crippen molar-refractivity contribution in [1.29, 1.82) is 0 Å². The second-order valence-electron chi connectivity index (χ2n) is 5.03. The van der Waals surface area contributed by atoms with E-state index in [1.54, 1.807) is 11.1 Å². The van der Waals surface area contributed by atoms with E-state index in [0.29, 0.717) is 6.54 Å². The number of fused-ring (bicyclic) bond motifs is 2. The number of nitrogens with zero attached hydrogens (tertiary/aromatic N) is 2. The lowest BCUT2D eigenvalue weighted by molar-refractivity contribution is -0.138. The Hall–Kier alpha value is -1.60. The number of aliphatic hydroxyl groups is 1. The van der Waals surface area contributed by atoms with Crippen LogP contribution in [0.1, 0.15) is 30.2 Å². The van der Waals surface area contributed by atoms with E-state index in [1.165, 1.54) is 0 Å². The molecule has 0 radical (unpaired) electrons. The van der Waals surface area contributed by atoms with E-state index in [2.05, 4.69) is 4.99 Å². The fourth-order valence-corrected chi connectivity index (χ4v) is 2.76. The van der Waals surface area contributed by atoms with Crippen LogP contribution < -0.4 is 0 Å². The quantitative estimate of drug-likeness (QED) is 0.770. The number of benzene rings is 1. The number of alkyl halides is 3. The molecule has 1 aromatic rings. The average molecular weight is 286 g/mol. The summed E-state index contributed by atoms with van der Waals surface area (Å²) < 4.78 is 38.5. The maximum Gasteiger partial charge on any atom is 0.419 e. The molecule has 0 aliphatic carbocycles. The van der Waals surface area contributed by atoms with Crippen LogP contribution in [0.2, 0.25) is 0 Å². The van der Waals surface area contributed by atoms with E-state index in [0.717, 1.165) is 25.0 Å². The first-order valence-corrected chi connectivity index (χ1v) is 6.30. The molecule has 1 saturated heterocycles. The molecule has 3 rings (SSSR count). The maximum absolute atomic E-state index is 12.8. The zero-order valence-electron chi connectivity index (χ0n) is 10.4. The molecular weight excluding hydrogens is 273 g/mol. The van der Waals surface area contributed by atoms with Crippen molar-refractivity contribution >= 4 is 11.9 Å². The molecule has 0 saturated carbocycles. The number of phenols is 1. The van der Waals surface area contributed by atoms with Gasteiger partial charge in [0, 0.05) is 30.4 Å². The Morgan fingerprint density at radius 3 is 2.75 bits per heavy atom. The number of phenolic OH excluding ortho intramolecular Hbond substituents is 1. The number of hydrogen-bond acceptors (Lipinski definition) is 4. The Morgan fingerprint density at radius 2 is 2.05 bits per heavy atom. The largest absolute Gasteiger partial charge is 0.507 e. The number of hydrogen-bond donors (Lipinski definition) is 2. The lowest BCUT2D eigenvalue weighted by Gasteiger charge is -2.26. The summed E-state index contributed by atoms with van der Waals surface area (Å²) in [5, 5.41) is 19.8. The molecule has 1 aromatic carbocycles. The summed E-state index contributed by atoms with van der Waals surface area (Å²) in [6.45, 7) is 0.611. The molecule has 7 heteroatoms. The fraction of sp³-hybridized carbons (Fsp3) is 0.462. The van der Waals surface area contributed by atoms with E-state index in [-0.39, 0.29) is 17.3 Å². The third kappa shape index (κ3) is 2.06. The van der Waals surface area contributed by atoms with Gasteiger partial charge in [0.05, 0.1) is 11.3 Å². The Labute approximate surface area is 113 Å². The topological polar surface area (TPSA) is 56.1 Å². The molecule has 0 spiro atoms. The van der Waals surface area contributed by atoms with Gasteiger partial charge in [0.15, 0.2) is 0 Å². The molecule has 20 heavy (non-hydrogen) atoms. The van der Waals surface area contributed by atoms with Crippen LogP contribution in [-0.4, -0.2) is 33.9 Å². The maximum atomic E-state index is 12.8. The van der Waals surface area contributed by atoms with Crippen molar-refractivity contribution in [2.75, 3.05) is 6.54 Å². The second kappa shape index (κ2) is 4.46. The zero-order valence-corrected chi connectivity index (χ0v) is 10.4. The van der Waals surface area contributed by atoms with Gasteiger partial charge in [0.2, 0.25) is 0 Å². The third-order valence-electron chi connectivity index (χ3n) is 3.77. The van der Waals surface area contributed by atoms with Gasteiger partial charge in [-0.2, -0.15) is 13.2 Å². The standard InChI is InChI=1S/C13H13F3N2O2/c14-13(15,16)9-4-8-10(5-11(9)19)17-6-7-2-1-3-18(7)12(8)20/h4-7,12,19-20H,1-3H2/t7-,12?/m0/s1. The molecule has 1 fully saturated rings. The van der Waals surface area contributed by atoms with Crippen molar-refractivity contribution < 1.29 is 23.4 Å². The zero-order chi connectivity index (χ0) is 14.5. The van der Waals surface area contributed by atoms with Crippen molar-refractivity contribution in [3.05, 3.63) is 23.3 Å². The van der Waals surface area contributed by atoms with Gasteiger partial charge in [-0.25, -0.2) is 0 Å². The highest BCUT2D eigenvalue weighted by Gasteiger charge is 2.38. The van der Waals surface area contributed by atoms with Crippen LogP contribution >= 0.6 is 0 Å². The van der Waals surface area contributed by atoms with Crippen molar-refractivity contribution in [2.45, 2.75) is 31.3 Å². The Bertz CT molecular complexity index is 571. The smallest absolute Gasteiger partial charge is 0.419 e. The minimum absolute atomic E-state index is 0.0751. The lowest BCUT2D eigenvalue weighted by Crippen LogP contribution is -2.33. The van der Waals surface area contributed by atoms with Crippen LogP contribution in [0.3, 0.4) is 0 Å². The molecule has 2 atom stereocenters. The molecule has 0 amide bonds. The summed E-state index contributed by atoms with van der Waals surface area (Å²) in [6, 6.07) is 1.67. The van der Waals surface area contributed by atoms with Crippen LogP contribution in [0.15, 0.2) is 17.1 Å². The van der Waals surface area contributed by atoms with Gasteiger partial charge in [0.25, 0.3) is 0 Å². The molecule has 108 valence electrons. The van der Waals surface area contributed by atoms with Crippen LogP contribution in [0.4, 0.5) is 18.9 Å². The molecule has 2 aliphatic heterocycles. The van der Waals surface area contributed by atoms with Crippen LogP contribution in [0.25, 0.3) is 0 Å². The van der Waals surface area contributed by atoms with E-state index in [4.69, 9.17) is 0 Å². The van der Waals surface area contributed by atoms with E-state index < -0.39 is 23.7 Å². The molecule has 2 N–H and O–H groups in total. The van der Waals surface area contributed by atoms with Crippen LogP contribution in [0.5, 0.6) is 5.75 Å². The number of aliphatic hydroxyl groups excluding tert-OH is 1. The fourth-order valence-electron chi connectivity index (χ4n) is 2.76. The molecular formula is C13H13F3N2O2. The molecule has 0 aromatic heterocycles. The first-order valence-electron chi connectivity index (χ1n) is 6.30. The highest BCUT2D eigenvalue weighted by atomic mass is 19.4. The van der Waals surface area contributed by atoms with Gasteiger partial charge >= 0.3 is 6.18 Å². The van der Waals surface area contributed by atoms with Gasteiger partial charge in [-0.15, -0.1) is 0 Å². The normalized spacial score (nSPS) is 26.2. The molecule has 2 heterocycles. The number of aromatic hydroxyl groups is 1. The van der Waals surface area contributed by atoms with Gasteiger partial charge in [-0.05, 0) is 18.9 Å². The van der Waals surface area contributed by atoms with Crippen molar-refractivity contribution in [2.24, 2.45) is 4.99 Å². The first-order chi connectivity index (χ1) is 9.38. The highest BCUT2D eigenvalue weighted by molar-refractivity contribution is 5.73. The van der Waals surface area contributed by atoms with Crippen LogP contribution in [-0.2, 0) is 6.18 Å². The van der Waals surface area contributed by atoms with Gasteiger partial charge < -0.3 is 10.2 Å². The van der Waals surface area contributed by atoms with Gasteiger partial charge in [-0.1, -0.05) is 0 Å². The Kier molecular flexibility index (Phi) is 2.98. The number of aliphatic imine (C=N–C) groups is 1. The molecule has 0 bridgehead atoms. The van der Waals surface area contributed by atoms with E-state index in [1.807, 2.05) is 0 Å². The van der Waals surface area contributed by atoms with Crippen LogP contribution in [0, 0.1) is 0 Å². The molecule has 1 unspecified atom stereocenters. The highest BCUT2D eigenvalue weighted by Crippen LogP contribution is 2.43. The van der Waals surface area contributed by atoms with Crippen molar-refractivity contribution in [3.63, 3.8) is 0 Å². The SMILES string of the molecule is Oc1cc2c(cc1C(F)(F)F)C(O)N1CCC[C@H]1C=N2. The number of halogens is 3. The first kappa shape index (κ1) is 13.4. The molecule has 2 aliphatic rings. The monoisotopic (exact) mass is 286 g/mol. The summed E-state index contributed by atoms with van der Waals surface area (Å²) in [5.41, 5.74) is -0.892. The summed E-state index contributed by atoms with van der Waals surface area (Å²) in [7, 11) is 0. The summed E-state index contributed by atoms with van der Waals surface area (Å²) in [4.78, 5) is 5.82. The Balaban J connectivity index is 2.12. The lowest BCUT2D eigenvalue weighted by atomic mass is 10.0. The summed E-state index contributed by atoms with van der Waals surface area (Å²) >= 11 is 0.